The Balaban J connectivity index is 1.70. The normalized spacial score (nSPS) is 11.3. The lowest BCUT2D eigenvalue weighted by molar-refractivity contribution is 0.102. The molecule has 0 spiro atoms. The van der Waals surface area contributed by atoms with Gasteiger partial charge in [-0.3, -0.25) is 0 Å². The predicted molar refractivity (Wildman–Crippen MR) is 117 cm³/mol. The predicted octanol–water partition coefficient (Wildman–Crippen LogP) is 4.88. The molecule has 0 atom stereocenters. The summed E-state index contributed by atoms with van der Waals surface area (Å²) in [6.07, 6.45) is 6.50. The second kappa shape index (κ2) is 12.6. The Labute approximate surface area is 173 Å². The molecule has 0 aliphatic heterocycles. The largest absolute Gasteiger partial charge is 0.491 e. The van der Waals surface area contributed by atoms with Crippen molar-refractivity contribution in [3.63, 3.8) is 0 Å². The third-order valence-corrected chi connectivity index (χ3v) is 4.31. The first-order valence-electron chi connectivity index (χ1n) is 9.85. The number of nitrogens with zero attached hydrogens (tertiary/aromatic N) is 1. The zero-order valence-electron chi connectivity index (χ0n) is 17.8. The van der Waals surface area contributed by atoms with Crippen molar-refractivity contribution in [3.8, 4) is 11.5 Å². The molecule has 0 heterocycles. The summed E-state index contributed by atoms with van der Waals surface area (Å²) in [7, 11) is 1.53. The maximum atomic E-state index is 5.93. The first kappa shape index (κ1) is 22.5. The van der Waals surface area contributed by atoms with E-state index in [9.17, 15) is 0 Å². The molecule has 0 amide bonds. The summed E-state index contributed by atoms with van der Waals surface area (Å²) in [6.45, 7) is 8.36. The standard InChI is InChI=1S/C24H31NO4/c1-5-6-12-28-23-16-19(2)24(20(3)17-23)29-15-14-27-13-11-21-7-9-22(10-8-21)18-25-26-4/h5-10,16-18H,11-15H2,1-4H3/b6-5+,25-18+. The average Bonchev–Trinajstić information content (AvgIpc) is 2.71. The summed E-state index contributed by atoms with van der Waals surface area (Å²) in [5.74, 6) is 1.77. The van der Waals surface area contributed by atoms with Gasteiger partial charge in [0.2, 0.25) is 0 Å². The third-order valence-electron chi connectivity index (χ3n) is 4.31. The van der Waals surface area contributed by atoms with Gasteiger partial charge in [-0.25, -0.2) is 0 Å². The van der Waals surface area contributed by atoms with E-state index < -0.39 is 0 Å². The molecule has 2 aromatic rings. The van der Waals surface area contributed by atoms with Gasteiger partial charge in [0.25, 0.3) is 0 Å². The van der Waals surface area contributed by atoms with Gasteiger partial charge < -0.3 is 19.0 Å². The fourth-order valence-electron chi connectivity index (χ4n) is 2.84. The van der Waals surface area contributed by atoms with E-state index in [0.29, 0.717) is 26.4 Å². The first-order valence-corrected chi connectivity index (χ1v) is 9.85. The van der Waals surface area contributed by atoms with Crippen LogP contribution in [0.2, 0.25) is 0 Å². The molecular formula is C24H31NO4. The summed E-state index contributed by atoms with van der Waals surface area (Å²) in [5, 5.41) is 3.75. The molecule has 0 bridgehead atoms. The zero-order chi connectivity index (χ0) is 20.9. The van der Waals surface area contributed by atoms with Crippen LogP contribution in [-0.4, -0.2) is 39.8 Å². The maximum absolute atomic E-state index is 5.93. The lowest BCUT2D eigenvalue weighted by atomic mass is 10.1. The summed E-state index contributed by atoms with van der Waals surface area (Å²) < 4.78 is 17.4. The van der Waals surface area contributed by atoms with Gasteiger partial charge in [0.05, 0.1) is 19.4 Å². The molecule has 0 radical (unpaired) electrons. The van der Waals surface area contributed by atoms with Crippen LogP contribution in [0.3, 0.4) is 0 Å². The molecule has 0 aliphatic carbocycles. The van der Waals surface area contributed by atoms with Gasteiger partial charge in [0.15, 0.2) is 0 Å². The molecule has 0 fully saturated rings. The SMILES string of the molecule is C/C=C/COc1cc(C)c(OCCOCCc2ccc(/C=N/OC)cc2)c(C)c1. The topological polar surface area (TPSA) is 49.3 Å². The quantitative estimate of drug-likeness (QED) is 0.222. The van der Waals surface area contributed by atoms with E-state index in [1.807, 2.05) is 57.2 Å². The van der Waals surface area contributed by atoms with Crippen molar-refractivity contribution in [3.05, 3.63) is 70.8 Å². The van der Waals surface area contributed by atoms with E-state index in [2.05, 4.69) is 22.1 Å². The highest BCUT2D eigenvalue weighted by molar-refractivity contribution is 5.79. The van der Waals surface area contributed by atoms with E-state index in [1.165, 1.54) is 12.7 Å². The summed E-state index contributed by atoms with van der Waals surface area (Å²) in [6, 6.07) is 12.2. The Bertz CT molecular complexity index is 774. The van der Waals surface area contributed by atoms with Crippen molar-refractivity contribution in [2.24, 2.45) is 5.16 Å². The van der Waals surface area contributed by atoms with Gasteiger partial charge in [-0.2, -0.15) is 0 Å². The highest BCUT2D eigenvalue weighted by Gasteiger charge is 2.07. The van der Waals surface area contributed by atoms with E-state index in [4.69, 9.17) is 14.2 Å². The second-order valence-electron chi connectivity index (χ2n) is 6.64. The highest BCUT2D eigenvalue weighted by Crippen LogP contribution is 2.28. The molecule has 5 nitrogen and oxygen atoms in total. The molecule has 2 aromatic carbocycles. The van der Waals surface area contributed by atoms with Crippen LogP contribution in [-0.2, 0) is 16.0 Å². The van der Waals surface area contributed by atoms with E-state index >= 15 is 0 Å². The molecule has 2 rings (SSSR count). The molecular weight excluding hydrogens is 366 g/mol. The monoisotopic (exact) mass is 397 g/mol. The minimum atomic E-state index is 0.521. The number of ether oxygens (including phenoxy) is 3. The van der Waals surface area contributed by atoms with E-state index in [-0.39, 0.29) is 0 Å². The van der Waals surface area contributed by atoms with Crippen molar-refractivity contribution in [2.45, 2.75) is 27.2 Å². The summed E-state index contributed by atoms with van der Waals surface area (Å²) in [5.41, 5.74) is 4.37. The number of hydrogen-bond acceptors (Lipinski definition) is 5. The molecule has 0 saturated heterocycles. The Hall–Kier alpha value is -2.79. The third kappa shape index (κ3) is 8.00. The van der Waals surface area contributed by atoms with Crippen LogP contribution < -0.4 is 9.47 Å². The molecule has 0 unspecified atom stereocenters. The van der Waals surface area contributed by atoms with Crippen LogP contribution in [0.25, 0.3) is 0 Å². The Morgan fingerprint density at radius 3 is 2.31 bits per heavy atom. The summed E-state index contributed by atoms with van der Waals surface area (Å²) in [4.78, 5) is 4.68. The minimum Gasteiger partial charge on any atom is -0.491 e. The number of aryl methyl sites for hydroxylation is 2. The lowest BCUT2D eigenvalue weighted by Crippen LogP contribution is -2.10. The van der Waals surface area contributed by atoms with Crippen LogP contribution in [0.1, 0.15) is 29.2 Å². The van der Waals surface area contributed by atoms with Crippen LogP contribution in [0.4, 0.5) is 0 Å². The number of oxime groups is 1. The van der Waals surface area contributed by atoms with Gasteiger partial charge in [-0.15, -0.1) is 0 Å². The van der Waals surface area contributed by atoms with E-state index in [1.54, 1.807) is 6.21 Å². The minimum absolute atomic E-state index is 0.521. The first-order chi connectivity index (χ1) is 14.1. The van der Waals surface area contributed by atoms with Crippen molar-refractivity contribution < 1.29 is 19.0 Å². The lowest BCUT2D eigenvalue weighted by Gasteiger charge is -2.14. The molecule has 156 valence electrons. The van der Waals surface area contributed by atoms with Gasteiger partial charge in [-0.05, 0) is 61.6 Å². The molecule has 29 heavy (non-hydrogen) atoms. The number of benzene rings is 2. The van der Waals surface area contributed by atoms with Gasteiger partial charge in [0, 0.05) is 0 Å². The average molecular weight is 398 g/mol. The number of allylic oxidation sites excluding steroid dienone is 1. The molecule has 0 saturated carbocycles. The second-order valence-corrected chi connectivity index (χ2v) is 6.64. The Morgan fingerprint density at radius 2 is 1.66 bits per heavy atom. The fourth-order valence-corrected chi connectivity index (χ4v) is 2.84. The van der Waals surface area contributed by atoms with Crippen molar-refractivity contribution in [1.82, 2.24) is 0 Å². The van der Waals surface area contributed by atoms with Crippen LogP contribution >= 0.6 is 0 Å². The highest BCUT2D eigenvalue weighted by atomic mass is 16.6. The van der Waals surface area contributed by atoms with Crippen molar-refractivity contribution >= 4 is 6.21 Å². The van der Waals surface area contributed by atoms with Gasteiger partial charge in [-0.1, -0.05) is 41.6 Å². The van der Waals surface area contributed by atoms with Crippen LogP contribution in [0, 0.1) is 13.8 Å². The molecule has 0 aromatic heterocycles. The fraction of sp³-hybridized carbons (Fsp3) is 0.375. The number of hydrogen-bond donors (Lipinski definition) is 0. The van der Waals surface area contributed by atoms with Crippen molar-refractivity contribution in [1.29, 1.82) is 0 Å². The Kier molecular flexibility index (Phi) is 9.80. The zero-order valence-corrected chi connectivity index (χ0v) is 17.8. The molecule has 0 N–H and O–H groups in total. The molecule has 5 heteroatoms. The van der Waals surface area contributed by atoms with Gasteiger partial charge in [0.1, 0.15) is 31.8 Å². The van der Waals surface area contributed by atoms with Gasteiger partial charge >= 0.3 is 0 Å². The van der Waals surface area contributed by atoms with Crippen LogP contribution in [0.5, 0.6) is 11.5 Å². The Morgan fingerprint density at radius 1 is 0.931 bits per heavy atom. The van der Waals surface area contributed by atoms with Crippen LogP contribution in [0.15, 0.2) is 53.7 Å². The smallest absolute Gasteiger partial charge is 0.125 e. The molecule has 0 aliphatic rings. The summed E-state index contributed by atoms with van der Waals surface area (Å²) >= 11 is 0. The maximum Gasteiger partial charge on any atom is 0.125 e. The van der Waals surface area contributed by atoms with Crippen molar-refractivity contribution in [2.75, 3.05) is 33.5 Å². The number of rotatable bonds is 12. The van der Waals surface area contributed by atoms with E-state index in [0.717, 1.165) is 34.6 Å².